The van der Waals surface area contributed by atoms with E-state index in [0.717, 1.165) is 13.0 Å². The van der Waals surface area contributed by atoms with Gasteiger partial charge in [0.25, 0.3) is 0 Å². The van der Waals surface area contributed by atoms with Gasteiger partial charge in [-0.15, -0.1) is 0 Å². The van der Waals surface area contributed by atoms with Gasteiger partial charge in [0.15, 0.2) is 0 Å². The molecule has 0 spiro atoms. The van der Waals surface area contributed by atoms with Gasteiger partial charge in [-0.3, -0.25) is 4.57 Å². The molecule has 4 nitrogen and oxygen atoms in total. The average Bonchev–Trinajstić information content (AvgIpc) is 2.50. The molecule has 0 aromatic heterocycles. The molecule has 0 heterocycles. The summed E-state index contributed by atoms with van der Waals surface area (Å²) >= 11 is 0. The summed E-state index contributed by atoms with van der Waals surface area (Å²) in [6.07, 6.45) is 13.9. The molecule has 24 heavy (non-hydrogen) atoms. The first-order valence-corrected chi connectivity index (χ1v) is 11.4. The Hall–Kier alpha value is 0.110. The van der Waals surface area contributed by atoms with Crippen molar-refractivity contribution < 1.29 is 18.7 Å². The predicted octanol–water partition coefficient (Wildman–Crippen LogP) is 6.31. The molecule has 0 radical (unpaired) electrons. The van der Waals surface area contributed by atoms with Crippen molar-refractivity contribution in [3.05, 3.63) is 0 Å². The molecule has 0 aliphatic rings. The molecule has 0 aliphatic carbocycles. The highest BCUT2D eigenvalue weighted by atomic mass is 31.2. The topological polar surface area (TPSA) is 55.8 Å². The van der Waals surface area contributed by atoms with Crippen molar-refractivity contribution in [3.63, 3.8) is 0 Å². The Morgan fingerprint density at radius 2 is 1.21 bits per heavy atom. The molecule has 0 saturated heterocycles. The third-order valence-electron chi connectivity index (χ3n) is 4.19. The van der Waals surface area contributed by atoms with Gasteiger partial charge in [-0.2, -0.15) is 0 Å². The maximum absolute atomic E-state index is 11.9. The van der Waals surface area contributed by atoms with Crippen molar-refractivity contribution in [1.29, 1.82) is 0 Å². The van der Waals surface area contributed by atoms with E-state index in [-0.39, 0.29) is 6.61 Å². The lowest BCUT2D eigenvalue weighted by Crippen LogP contribution is -2.17. The molecule has 146 valence electrons. The second kappa shape index (κ2) is 14.3. The largest absolute Gasteiger partial charge is 0.381 e. The van der Waals surface area contributed by atoms with E-state index in [1.165, 1.54) is 57.8 Å². The lowest BCUT2D eigenvalue weighted by Gasteiger charge is -2.24. The predicted molar refractivity (Wildman–Crippen MR) is 103 cm³/mol. The summed E-state index contributed by atoms with van der Waals surface area (Å²) in [6, 6.07) is 0. The highest BCUT2D eigenvalue weighted by Crippen LogP contribution is 2.54. The van der Waals surface area contributed by atoms with Gasteiger partial charge in [0.1, 0.15) is 0 Å². The number of hydrogen-bond donors (Lipinski definition) is 1. The van der Waals surface area contributed by atoms with Gasteiger partial charge in [0.05, 0.1) is 11.8 Å². The zero-order valence-electron chi connectivity index (χ0n) is 16.5. The molecular weight excluding hydrogens is 323 g/mol. The normalized spacial score (nSPS) is 14.7. The van der Waals surface area contributed by atoms with E-state index in [0.29, 0.717) is 13.0 Å². The minimum absolute atomic E-state index is 0.281. The molecule has 0 saturated carbocycles. The number of unbranched alkanes of at least 4 members (excludes halogenated alkanes) is 9. The maximum atomic E-state index is 11.9. The van der Waals surface area contributed by atoms with Crippen LogP contribution in [0.2, 0.25) is 0 Å². The van der Waals surface area contributed by atoms with E-state index in [4.69, 9.17) is 9.26 Å². The van der Waals surface area contributed by atoms with Crippen LogP contribution >= 0.6 is 7.60 Å². The molecule has 5 heteroatoms. The minimum Gasteiger partial charge on any atom is -0.381 e. The first-order valence-electron chi connectivity index (χ1n) is 9.86. The van der Waals surface area contributed by atoms with Crippen molar-refractivity contribution in [1.82, 2.24) is 0 Å². The highest BCUT2D eigenvalue weighted by Gasteiger charge is 2.35. The van der Waals surface area contributed by atoms with Crippen LogP contribution in [0.4, 0.5) is 0 Å². The lowest BCUT2D eigenvalue weighted by atomic mass is 10.1. The second-order valence-electron chi connectivity index (χ2n) is 7.67. The van der Waals surface area contributed by atoms with E-state index in [1.54, 1.807) is 20.8 Å². The summed E-state index contributed by atoms with van der Waals surface area (Å²) < 4.78 is 22.5. The molecule has 1 atom stereocenters. The number of rotatable bonds is 16. The summed E-state index contributed by atoms with van der Waals surface area (Å²) in [5.74, 6) is 0. The summed E-state index contributed by atoms with van der Waals surface area (Å²) in [7, 11) is -3.52. The van der Waals surface area contributed by atoms with Crippen LogP contribution in [0.15, 0.2) is 0 Å². The molecule has 0 aromatic rings. The molecule has 0 bridgehead atoms. The summed E-state index contributed by atoms with van der Waals surface area (Å²) in [5, 5.41) is -0.718. The van der Waals surface area contributed by atoms with Crippen LogP contribution in [-0.2, 0) is 13.8 Å². The zero-order valence-corrected chi connectivity index (χ0v) is 17.4. The first-order chi connectivity index (χ1) is 11.3. The quantitative estimate of drug-likeness (QED) is 0.257. The molecule has 0 rings (SSSR count). The Labute approximate surface area is 150 Å². The van der Waals surface area contributed by atoms with Gasteiger partial charge in [0, 0.05) is 13.2 Å². The summed E-state index contributed by atoms with van der Waals surface area (Å²) in [5.41, 5.74) is 0. The van der Waals surface area contributed by atoms with Gasteiger partial charge < -0.3 is 14.2 Å². The van der Waals surface area contributed by atoms with Crippen molar-refractivity contribution >= 4 is 7.60 Å². The summed E-state index contributed by atoms with van der Waals surface area (Å²) in [6.45, 7) is 9.07. The minimum atomic E-state index is -3.52. The van der Waals surface area contributed by atoms with Gasteiger partial charge in [-0.1, -0.05) is 64.7 Å². The fourth-order valence-electron chi connectivity index (χ4n) is 2.34. The van der Waals surface area contributed by atoms with Crippen LogP contribution < -0.4 is 0 Å². The van der Waals surface area contributed by atoms with Gasteiger partial charge in [0.2, 0.25) is 0 Å². The molecule has 0 fully saturated rings. The van der Waals surface area contributed by atoms with Crippen molar-refractivity contribution in [2.45, 2.75) is 103 Å². The third kappa shape index (κ3) is 13.4. The monoisotopic (exact) mass is 364 g/mol. The Kier molecular flexibility index (Phi) is 14.4. The number of hydrogen-bond acceptors (Lipinski definition) is 3. The van der Waals surface area contributed by atoms with Crippen molar-refractivity contribution in [3.8, 4) is 0 Å². The molecule has 1 unspecified atom stereocenters. The van der Waals surface area contributed by atoms with Crippen molar-refractivity contribution in [2.24, 2.45) is 0 Å². The van der Waals surface area contributed by atoms with Gasteiger partial charge >= 0.3 is 7.60 Å². The number of ether oxygens (including phenoxy) is 1. The highest BCUT2D eigenvalue weighted by molar-refractivity contribution is 7.54. The molecule has 0 aromatic carbocycles. The zero-order chi connectivity index (χ0) is 18.3. The van der Waals surface area contributed by atoms with E-state index in [2.05, 4.69) is 6.92 Å². The van der Waals surface area contributed by atoms with Crippen LogP contribution in [0, 0.1) is 0 Å². The van der Waals surface area contributed by atoms with Crippen molar-refractivity contribution in [2.75, 3.05) is 19.8 Å². The van der Waals surface area contributed by atoms with Gasteiger partial charge in [-0.05, 0) is 33.6 Å². The smallest absolute Gasteiger partial charge is 0.333 e. The Balaban J connectivity index is 3.25. The SMILES string of the molecule is CCCCCCCCCCCCOCCCOP(=O)(O)C(C)(C)C. The Morgan fingerprint density at radius 1 is 0.750 bits per heavy atom. The van der Waals surface area contributed by atoms with E-state index in [1.807, 2.05) is 0 Å². The van der Waals surface area contributed by atoms with E-state index < -0.39 is 12.8 Å². The summed E-state index contributed by atoms with van der Waals surface area (Å²) in [4.78, 5) is 9.75. The van der Waals surface area contributed by atoms with Crippen LogP contribution in [0.25, 0.3) is 0 Å². The third-order valence-corrected chi connectivity index (χ3v) is 6.42. The van der Waals surface area contributed by atoms with Crippen LogP contribution in [0.3, 0.4) is 0 Å². The van der Waals surface area contributed by atoms with E-state index in [9.17, 15) is 9.46 Å². The van der Waals surface area contributed by atoms with Gasteiger partial charge in [-0.25, -0.2) is 0 Å². The Bertz CT molecular complexity index is 326. The fourth-order valence-corrected chi connectivity index (χ4v) is 3.10. The molecule has 0 aliphatic heterocycles. The first kappa shape index (κ1) is 24.1. The molecule has 1 N–H and O–H groups in total. The molecule has 0 amide bonds. The van der Waals surface area contributed by atoms with E-state index >= 15 is 0 Å². The van der Waals surface area contributed by atoms with Crippen LogP contribution in [0.5, 0.6) is 0 Å². The van der Waals surface area contributed by atoms with Crippen LogP contribution in [0.1, 0.15) is 98.3 Å². The fraction of sp³-hybridized carbons (Fsp3) is 1.00. The van der Waals surface area contributed by atoms with Crippen LogP contribution in [-0.4, -0.2) is 29.9 Å². The second-order valence-corrected chi connectivity index (χ2v) is 10.3. The molecular formula is C19H41O4P. The Morgan fingerprint density at radius 3 is 1.71 bits per heavy atom. The average molecular weight is 365 g/mol. The lowest BCUT2D eigenvalue weighted by molar-refractivity contribution is 0.112. The maximum Gasteiger partial charge on any atom is 0.333 e. The standard InChI is InChI=1S/C19H41O4P/c1-5-6-7-8-9-10-11-12-13-14-16-22-17-15-18-23-24(20,21)19(2,3)4/h5-18H2,1-4H3,(H,20,21).